The molecular formula is C27H27ClN2O3. The second kappa shape index (κ2) is 9.06. The fourth-order valence-corrected chi connectivity index (χ4v) is 5.45. The summed E-state index contributed by atoms with van der Waals surface area (Å²) in [6.07, 6.45) is 4.35. The molecule has 0 saturated heterocycles. The maximum Gasteiger partial charge on any atom is 0.232 e. The molecule has 1 fully saturated rings. The van der Waals surface area contributed by atoms with Crippen molar-refractivity contribution >= 4 is 39.9 Å². The Labute approximate surface area is 198 Å². The zero-order valence-corrected chi connectivity index (χ0v) is 19.4. The largest absolute Gasteiger partial charge is 0.496 e. The molecule has 1 heterocycles. The molecule has 1 saturated carbocycles. The fraction of sp³-hybridized carbons (Fsp3) is 0.333. The van der Waals surface area contributed by atoms with Crippen LogP contribution in [0.1, 0.15) is 49.1 Å². The number of halogens is 1. The van der Waals surface area contributed by atoms with Crippen LogP contribution in [0.15, 0.2) is 54.6 Å². The molecule has 1 aliphatic heterocycles. The van der Waals surface area contributed by atoms with Gasteiger partial charge in [0, 0.05) is 28.7 Å². The summed E-state index contributed by atoms with van der Waals surface area (Å²) in [5.74, 6) is 0.140. The Balaban J connectivity index is 1.47. The van der Waals surface area contributed by atoms with Gasteiger partial charge >= 0.3 is 0 Å². The summed E-state index contributed by atoms with van der Waals surface area (Å²) in [5, 5.41) is 5.65. The smallest absolute Gasteiger partial charge is 0.232 e. The highest BCUT2D eigenvalue weighted by Crippen LogP contribution is 2.38. The summed E-state index contributed by atoms with van der Waals surface area (Å²) in [6, 6.07) is 17.7. The van der Waals surface area contributed by atoms with Gasteiger partial charge in [-0.3, -0.25) is 9.59 Å². The van der Waals surface area contributed by atoms with Crippen molar-refractivity contribution < 1.29 is 14.3 Å². The number of benzene rings is 3. The first kappa shape index (κ1) is 21.8. The van der Waals surface area contributed by atoms with Gasteiger partial charge < -0.3 is 15.0 Å². The number of ether oxygens (including phenoxy) is 1. The van der Waals surface area contributed by atoms with E-state index in [-0.39, 0.29) is 24.3 Å². The van der Waals surface area contributed by atoms with Crippen LogP contribution in [0.5, 0.6) is 5.75 Å². The van der Waals surface area contributed by atoms with Crippen LogP contribution < -0.4 is 10.1 Å². The number of hydrogen-bond acceptors (Lipinski definition) is 3. The molecule has 3 aromatic rings. The minimum atomic E-state index is -0.497. The van der Waals surface area contributed by atoms with Crippen LogP contribution >= 0.6 is 11.6 Å². The number of carbonyl (C=O) groups is 2. The normalized spacial score (nSPS) is 17.8. The van der Waals surface area contributed by atoms with Crippen LogP contribution in [-0.2, 0) is 16.1 Å². The lowest BCUT2D eigenvalue weighted by atomic mass is 9.95. The van der Waals surface area contributed by atoms with E-state index in [1.54, 1.807) is 19.2 Å². The molecule has 2 aliphatic rings. The molecule has 1 aliphatic carbocycles. The first-order valence-corrected chi connectivity index (χ1v) is 11.9. The Morgan fingerprint density at radius 1 is 1.12 bits per heavy atom. The number of nitrogens with zero attached hydrogens (tertiary/aromatic N) is 1. The van der Waals surface area contributed by atoms with E-state index in [0.717, 1.165) is 53.3 Å². The quantitative estimate of drug-likeness (QED) is 0.496. The van der Waals surface area contributed by atoms with Gasteiger partial charge in [-0.15, -0.1) is 0 Å². The van der Waals surface area contributed by atoms with E-state index in [2.05, 4.69) is 17.4 Å². The SMILES string of the molecule is COc1ccc2ccccc2c1CN(C(=O)CC1C(=O)Nc2cc(Cl)ccc21)C1CCCC1. The number of anilines is 1. The van der Waals surface area contributed by atoms with E-state index in [9.17, 15) is 9.59 Å². The Morgan fingerprint density at radius 2 is 1.91 bits per heavy atom. The topological polar surface area (TPSA) is 58.6 Å². The first-order valence-electron chi connectivity index (χ1n) is 11.5. The third kappa shape index (κ3) is 4.18. The molecule has 3 aromatic carbocycles. The molecule has 170 valence electrons. The van der Waals surface area contributed by atoms with E-state index in [0.29, 0.717) is 17.3 Å². The monoisotopic (exact) mass is 462 g/mol. The highest BCUT2D eigenvalue weighted by Gasteiger charge is 2.36. The van der Waals surface area contributed by atoms with Crippen molar-refractivity contribution in [2.75, 3.05) is 12.4 Å². The van der Waals surface area contributed by atoms with Gasteiger partial charge in [0.05, 0.1) is 19.6 Å². The molecule has 0 radical (unpaired) electrons. The van der Waals surface area contributed by atoms with Crippen molar-refractivity contribution in [2.45, 2.75) is 50.6 Å². The number of rotatable bonds is 6. The van der Waals surface area contributed by atoms with Crippen LogP contribution in [-0.4, -0.2) is 29.9 Å². The molecule has 2 amide bonds. The molecule has 0 bridgehead atoms. The van der Waals surface area contributed by atoms with Gasteiger partial charge in [0.25, 0.3) is 0 Å². The van der Waals surface area contributed by atoms with Gasteiger partial charge in [0.15, 0.2) is 0 Å². The minimum Gasteiger partial charge on any atom is -0.496 e. The van der Waals surface area contributed by atoms with Gasteiger partial charge in [0.1, 0.15) is 5.75 Å². The molecule has 33 heavy (non-hydrogen) atoms. The van der Waals surface area contributed by atoms with Crippen LogP contribution in [0, 0.1) is 0 Å². The number of fused-ring (bicyclic) bond motifs is 2. The van der Waals surface area contributed by atoms with Gasteiger partial charge in [-0.1, -0.05) is 60.8 Å². The van der Waals surface area contributed by atoms with Crippen molar-refractivity contribution in [2.24, 2.45) is 0 Å². The van der Waals surface area contributed by atoms with Crippen molar-refractivity contribution in [1.29, 1.82) is 0 Å². The molecule has 0 aromatic heterocycles. The second-order valence-electron chi connectivity index (χ2n) is 8.90. The zero-order chi connectivity index (χ0) is 22.9. The zero-order valence-electron chi connectivity index (χ0n) is 18.6. The van der Waals surface area contributed by atoms with E-state index < -0.39 is 5.92 Å². The highest BCUT2D eigenvalue weighted by atomic mass is 35.5. The summed E-state index contributed by atoms with van der Waals surface area (Å²) >= 11 is 6.09. The summed E-state index contributed by atoms with van der Waals surface area (Å²) in [4.78, 5) is 28.4. The van der Waals surface area contributed by atoms with Gasteiger partial charge in [-0.2, -0.15) is 0 Å². The second-order valence-corrected chi connectivity index (χ2v) is 9.34. The number of nitrogens with one attached hydrogen (secondary N) is 1. The highest BCUT2D eigenvalue weighted by molar-refractivity contribution is 6.31. The fourth-order valence-electron chi connectivity index (χ4n) is 5.27. The van der Waals surface area contributed by atoms with Crippen LogP contribution in [0.2, 0.25) is 5.02 Å². The molecule has 1 N–H and O–H groups in total. The first-order chi connectivity index (χ1) is 16.0. The van der Waals surface area contributed by atoms with Crippen LogP contribution in [0.25, 0.3) is 10.8 Å². The molecule has 0 spiro atoms. The average molecular weight is 463 g/mol. The van der Waals surface area contributed by atoms with Crippen molar-refractivity contribution in [3.8, 4) is 5.75 Å². The lowest BCUT2D eigenvalue weighted by molar-refractivity contribution is -0.136. The van der Waals surface area contributed by atoms with Crippen molar-refractivity contribution in [3.05, 3.63) is 70.7 Å². The van der Waals surface area contributed by atoms with Crippen molar-refractivity contribution in [3.63, 3.8) is 0 Å². The number of carbonyl (C=O) groups excluding carboxylic acids is 2. The Hall–Kier alpha value is -3.05. The van der Waals surface area contributed by atoms with E-state index in [1.807, 2.05) is 35.2 Å². The summed E-state index contributed by atoms with van der Waals surface area (Å²) < 4.78 is 5.69. The molecule has 1 atom stereocenters. The third-order valence-electron chi connectivity index (χ3n) is 6.98. The number of methoxy groups -OCH3 is 1. The molecule has 5 nitrogen and oxygen atoms in total. The summed E-state index contributed by atoms with van der Waals surface area (Å²) in [5.41, 5.74) is 2.55. The van der Waals surface area contributed by atoms with Gasteiger partial charge in [-0.25, -0.2) is 0 Å². The van der Waals surface area contributed by atoms with Crippen LogP contribution in [0.3, 0.4) is 0 Å². The standard InChI is InChI=1S/C27H27ClN2O3/c1-33-25-13-10-17-6-2-5-9-20(17)23(25)16-30(19-7-3-4-8-19)26(31)15-22-21-12-11-18(28)14-24(21)29-27(22)32/h2,5-6,9-14,19,22H,3-4,7-8,15-16H2,1H3,(H,29,32). The maximum absolute atomic E-state index is 13.7. The van der Waals surface area contributed by atoms with Crippen molar-refractivity contribution in [1.82, 2.24) is 4.90 Å². The predicted molar refractivity (Wildman–Crippen MR) is 131 cm³/mol. The lowest BCUT2D eigenvalue weighted by Gasteiger charge is -2.31. The Bertz CT molecular complexity index is 1220. The Morgan fingerprint density at radius 3 is 2.70 bits per heavy atom. The minimum absolute atomic E-state index is 0.000151. The number of hydrogen-bond donors (Lipinski definition) is 1. The summed E-state index contributed by atoms with van der Waals surface area (Å²) in [6.45, 7) is 0.468. The van der Waals surface area contributed by atoms with E-state index >= 15 is 0 Å². The number of amides is 2. The Kier molecular flexibility index (Phi) is 5.98. The van der Waals surface area contributed by atoms with Gasteiger partial charge in [0.2, 0.25) is 11.8 Å². The molecule has 5 rings (SSSR count). The third-order valence-corrected chi connectivity index (χ3v) is 7.21. The van der Waals surface area contributed by atoms with E-state index in [1.165, 1.54) is 0 Å². The lowest BCUT2D eigenvalue weighted by Crippen LogP contribution is -2.39. The maximum atomic E-state index is 13.7. The molecule has 1 unspecified atom stereocenters. The van der Waals surface area contributed by atoms with Crippen LogP contribution in [0.4, 0.5) is 5.69 Å². The summed E-state index contributed by atoms with van der Waals surface area (Å²) in [7, 11) is 1.67. The predicted octanol–water partition coefficient (Wildman–Crippen LogP) is 5.90. The average Bonchev–Trinajstić information content (AvgIpc) is 3.45. The molecule has 6 heteroatoms. The van der Waals surface area contributed by atoms with Gasteiger partial charge in [-0.05, 0) is 47.4 Å². The van der Waals surface area contributed by atoms with E-state index in [4.69, 9.17) is 16.3 Å². The molecular weight excluding hydrogens is 436 g/mol.